The first-order valence-electron chi connectivity index (χ1n) is 6.92. The highest BCUT2D eigenvalue weighted by atomic mass is 19.1. The standard InChI is InChI=1S/C16H16FN3O2/c17-12-2-1-11-9-20(6-5-10(11)7-12)13-3-4-15(14(18)8-13)22-16(19)21/h1-4,7-8H,5-6,9,18H2,(H2,19,21). The van der Waals surface area contributed by atoms with Gasteiger partial charge in [-0.25, -0.2) is 9.18 Å². The van der Waals surface area contributed by atoms with Crippen LogP contribution in [0.2, 0.25) is 0 Å². The molecular formula is C16H16FN3O2. The maximum Gasteiger partial charge on any atom is 0.410 e. The van der Waals surface area contributed by atoms with Gasteiger partial charge in [-0.1, -0.05) is 6.07 Å². The molecule has 1 aliphatic heterocycles. The van der Waals surface area contributed by atoms with E-state index in [-0.39, 0.29) is 11.6 Å². The maximum atomic E-state index is 13.2. The van der Waals surface area contributed by atoms with Gasteiger partial charge in [-0.15, -0.1) is 0 Å². The van der Waals surface area contributed by atoms with Gasteiger partial charge in [-0.2, -0.15) is 0 Å². The van der Waals surface area contributed by atoms with E-state index < -0.39 is 6.09 Å². The minimum atomic E-state index is -0.895. The fraction of sp³-hybridized carbons (Fsp3) is 0.188. The lowest BCUT2D eigenvalue weighted by atomic mass is 9.99. The van der Waals surface area contributed by atoms with Crippen LogP contribution in [0.5, 0.6) is 5.75 Å². The Morgan fingerprint density at radius 3 is 2.73 bits per heavy atom. The lowest BCUT2D eigenvalue weighted by molar-refractivity contribution is 0.211. The van der Waals surface area contributed by atoms with E-state index >= 15 is 0 Å². The molecule has 4 N–H and O–H groups in total. The molecule has 0 radical (unpaired) electrons. The molecule has 114 valence electrons. The molecule has 0 atom stereocenters. The van der Waals surface area contributed by atoms with Crippen LogP contribution in [0.25, 0.3) is 0 Å². The molecule has 6 heteroatoms. The summed E-state index contributed by atoms with van der Waals surface area (Å²) in [7, 11) is 0. The Hall–Kier alpha value is -2.76. The van der Waals surface area contributed by atoms with Crippen molar-refractivity contribution in [3.8, 4) is 5.75 Å². The van der Waals surface area contributed by atoms with E-state index in [1.54, 1.807) is 18.2 Å². The Morgan fingerprint density at radius 2 is 2.00 bits per heavy atom. The van der Waals surface area contributed by atoms with Crippen LogP contribution in [-0.4, -0.2) is 12.6 Å². The van der Waals surface area contributed by atoms with E-state index in [2.05, 4.69) is 4.90 Å². The molecule has 2 aromatic rings. The highest BCUT2D eigenvalue weighted by Crippen LogP contribution is 2.30. The van der Waals surface area contributed by atoms with Gasteiger partial charge in [-0.05, 0) is 47.9 Å². The van der Waals surface area contributed by atoms with E-state index in [4.69, 9.17) is 16.2 Å². The predicted molar refractivity (Wildman–Crippen MR) is 82.2 cm³/mol. The molecule has 2 aromatic carbocycles. The average Bonchev–Trinajstić information content (AvgIpc) is 2.48. The number of rotatable bonds is 2. The molecule has 1 amide bonds. The molecule has 0 aliphatic carbocycles. The third kappa shape index (κ3) is 2.81. The van der Waals surface area contributed by atoms with E-state index in [9.17, 15) is 9.18 Å². The molecule has 0 spiro atoms. The van der Waals surface area contributed by atoms with Crippen molar-refractivity contribution in [2.24, 2.45) is 5.73 Å². The number of halogens is 1. The van der Waals surface area contributed by atoms with Gasteiger partial charge in [0.2, 0.25) is 0 Å². The van der Waals surface area contributed by atoms with Crippen LogP contribution in [-0.2, 0) is 13.0 Å². The second-order valence-corrected chi connectivity index (χ2v) is 5.23. The van der Waals surface area contributed by atoms with Crippen molar-refractivity contribution in [1.29, 1.82) is 0 Å². The molecule has 0 aromatic heterocycles. The van der Waals surface area contributed by atoms with Crippen molar-refractivity contribution >= 4 is 17.5 Å². The van der Waals surface area contributed by atoms with Gasteiger partial charge in [0.1, 0.15) is 5.82 Å². The second-order valence-electron chi connectivity index (χ2n) is 5.23. The largest absolute Gasteiger partial charge is 0.410 e. The Balaban J connectivity index is 1.82. The molecule has 22 heavy (non-hydrogen) atoms. The number of fused-ring (bicyclic) bond motifs is 1. The first-order chi connectivity index (χ1) is 10.5. The van der Waals surface area contributed by atoms with Crippen LogP contribution in [0.4, 0.5) is 20.6 Å². The van der Waals surface area contributed by atoms with E-state index in [1.165, 1.54) is 6.07 Å². The fourth-order valence-corrected chi connectivity index (χ4v) is 2.68. The molecule has 0 bridgehead atoms. The molecule has 0 saturated heterocycles. The minimum Gasteiger partial charge on any atom is -0.408 e. The zero-order valence-electron chi connectivity index (χ0n) is 11.9. The summed E-state index contributed by atoms with van der Waals surface area (Å²) in [6.45, 7) is 1.46. The van der Waals surface area contributed by atoms with Crippen molar-refractivity contribution in [1.82, 2.24) is 0 Å². The monoisotopic (exact) mass is 301 g/mol. The number of nitrogens with zero attached hydrogens (tertiary/aromatic N) is 1. The average molecular weight is 301 g/mol. The molecule has 0 unspecified atom stereocenters. The molecule has 1 aliphatic rings. The molecule has 1 heterocycles. The van der Waals surface area contributed by atoms with Crippen LogP contribution in [0.15, 0.2) is 36.4 Å². The van der Waals surface area contributed by atoms with Crippen molar-refractivity contribution in [2.45, 2.75) is 13.0 Å². The highest BCUT2D eigenvalue weighted by molar-refractivity contribution is 5.73. The number of hydrogen-bond donors (Lipinski definition) is 2. The number of benzene rings is 2. The zero-order chi connectivity index (χ0) is 15.7. The number of hydrogen-bond acceptors (Lipinski definition) is 4. The first-order valence-corrected chi connectivity index (χ1v) is 6.92. The molecule has 0 fully saturated rings. The van der Waals surface area contributed by atoms with E-state index in [1.807, 2.05) is 12.1 Å². The first kappa shape index (κ1) is 14.2. The zero-order valence-corrected chi connectivity index (χ0v) is 11.9. The van der Waals surface area contributed by atoms with Crippen molar-refractivity contribution < 1.29 is 13.9 Å². The van der Waals surface area contributed by atoms with E-state index in [0.717, 1.165) is 29.8 Å². The normalized spacial score (nSPS) is 13.6. The fourth-order valence-electron chi connectivity index (χ4n) is 2.68. The van der Waals surface area contributed by atoms with Crippen LogP contribution in [0.1, 0.15) is 11.1 Å². The minimum absolute atomic E-state index is 0.204. The van der Waals surface area contributed by atoms with Gasteiger partial charge in [0.25, 0.3) is 0 Å². The van der Waals surface area contributed by atoms with Crippen molar-refractivity contribution in [3.63, 3.8) is 0 Å². The van der Waals surface area contributed by atoms with Crippen LogP contribution in [0.3, 0.4) is 0 Å². The lowest BCUT2D eigenvalue weighted by Crippen LogP contribution is -2.30. The molecule has 3 rings (SSSR count). The molecule has 5 nitrogen and oxygen atoms in total. The number of carbonyl (C=O) groups is 1. The van der Waals surface area contributed by atoms with Crippen molar-refractivity contribution in [3.05, 3.63) is 53.3 Å². The summed E-state index contributed by atoms with van der Waals surface area (Å²) in [6, 6.07) is 10.1. The predicted octanol–water partition coefficient (Wildman–Crippen LogP) is 2.43. The quantitative estimate of drug-likeness (QED) is 0.835. The summed E-state index contributed by atoms with van der Waals surface area (Å²) < 4.78 is 18.0. The number of nitrogen functional groups attached to an aromatic ring is 1. The number of carbonyl (C=O) groups excluding carboxylic acids is 1. The third-order valence-corrected chi connectivity index (χ3v) is 3.75. The number of nitrogens with two attached hydrogens (primary N) is 2. The van der Waals surface area contributed by atoms with Gasteiger partial charge >= 0.3 is 6.09 Å². The Bertz CT molecular complexity index is 733. The van der Waals surface area contributed by atoms with Gasteiger partial charge in [0.15, 0.2) is 5.75 Å². The highest BCUT2D eigenvalue weighted by Gasteiger charge is 2.18. The topological polar surface area (TPSA) is 81.6 Å². The van der Waals surface area contributed by atoms with Crippen LogP contribution >= 0.6 is 0 Å². The van der Waals surface area contributed by atoms with Crippen LogP contribution in [0, 0.1) is 5.82 Å². The summed E-state index contributed by atoms with van der Waals surface area (Å²) in [5.74, 6) is 0.0418. The van der Waals surface area contributed by atoms with Gasteiger partial charge in [-0.3, -0.25) is 0 Å². The number of ether oxygens (including phenoxy) is 1. The summed E-state index contributed by atoms with van der Waals surface area (Å²) in [4.78, 5) is 12.9. The third-order valence-electron chi connectivity index (χ3n) is 3.75. The van der Waals surface area contributed by atoms with E-state index in [0.29, 0.717) is 12.2 Å². The smallest absolute Gasteiger partial charge is 0.408 e. The maximum absolute atomic E-state index is 13.2. The van der Waals surface area contributed by atoms with Crippen LogP contribution < -0.4 is 21.1 Å². The van der Waals surface area contributed by atoms with Crippen molar-refractivity contribution in [2.75, 3.05) is 17.2 Å². The Labute approximate surface area is 127 Å². The summed E-state index contributed by atoms with van der Waals surface area (Å²) in [6.07, 6.45) is -0.125. The summed E-state index contributed by atoms with van der Waals surface area (Å²) in [5, 5.41) is 0. The SMILES string of the molecule is NC(=O)Oc1ccc(N2CCc3cc(F)ccc3C2)cc1N. The Morgan fingerprint density at radius 1 is 1.18 bits per heavy atom. The Kier molecular flexibility index (Phi) is 3.58. The van der Waals surface area contributed by atoms with Gasteiger partial charge in [0, 0.05) is 18.8 Å². The van der Waals surface area contributed by atoms with Gasteiger partial charge in [0.05, 0.1) is 5.69 Å². The molecule has 0 saturated carbocycles. The van der Waals surface area contributed by atoms with Gasteiger partial charge < -0.3 is 21.1 Å². The number of anilines is 2. The molecular weight excluding hydrogens is 285 g/mol. The number of amides is 1. The second kappa shape index (κ2) is 5.55. The number of primary amides is 1. The lowest BCUT2D eigenvalue weighted by Gasteiger charge is -2.31. The summed E-state index contributed by atoms with van der Waals surface area (Å²) in [5.41, 5.74) is 14.3. The summed E-state index contributed by atoms with van der Waals surface area (Å²) >= 11 is 0.